The number of fused-ring (bicyclic) bond motifs is 1. The van der Waals surface area contributed by atoms with Crippen LogP contribution in [0.1, 0.15) is 55.7 Å². The van der Waals surface area contributed by atoms with Crippen LogP contribution >= 0.6 is 0 Å². The van der Waals surface area contributed by atoms with Crippen molar-refractivity contribution in [2.45, 2.75) is 51.9 Å². The van der Waals surface area contributed by atoms with Gasteiger partial charge in [-0.3, -0.25) is 4.79 Å². The fourth-order valence-corrected chi connectivity index (χ4v) is 3.21. The summed E-state index contributed by atoms with van der Waals surface area (Å²) in [7, 11) is 0. The molecule has 1 aromatic rings. The van der Waals surface area contributed by atoms with E-state index in [1.54, 1.807) is 0 Å². The number of carbonyl (C=O) groups is 1. The van der Waals surface area contributed by atoms with Gasteiger partial charge < -0.3 is 5.11 Å². The molecule has 0 aliphatic heterocycles. The van der Waals surface area contributed by atoms with Crippen LogP contribution in [0.4, 0.5) is 0 Å². The van der Waals surface area contributed by atoms with E-state index in [0.717, 1.165) is 12.8 Å². The highest BCUT2D eigenvalue weighted by atomic mass is 16.4. The van der Waals surface area contributed by atoms with Crippen LogP contribution in [0.25, 0.3) is 0 Å². The topological polar surface area (TPSA) is 37.3 Å². The van der Waals surface area contributed by atoms with Crippen molar-refractivity contribution in [2.75, 3.05) is 0 Å². The summed E-state index contributed by atoms with van der Waals surface area (Å²) in [6.07, 6.45) is 5.17. The molecule has 2 unspecified atom stereocenters. The summed E-state index contributed by atoms with van der Waals surface area (Å²) >= 11 is 0. The first kappa shape index (κ1) is 13.1. The highest BCUT2D eigenvalue weighted by molar-refractivity contribution is 5.71. The molecule has 1 N–H and O–H groups in total. The Bertz CT molecular complexity index is 437. The van der Waals surface area contributed by atoms with Gasteiger partial charge in [0, 0.05) is 0 Å². The molecule has 2 atom stereocenters. The summed E-state index contributed by atoms with van der Waals surface area (Å²) < 4.78 is 0. The van der Waals surface area contributed by atoms with E-state index in [2.05, 4.69) is 25.1 Å². The zero-order chi connectivity index (χ0) is 13.1. The Hall–Kier alpha value is -1.31. The van der Waals surface area contributed by atoms with Crippen LogP contribution in [0, 0.1) is 5.92 Å². The zero-order valence-electron chi connectivity index (χ0n) is 11.3. The molecule has 18 heavy (non-hydrogen) atoms. The van der Waals surface area contributed by atoms with Crippen LogP contribution in [-0.4, -0.2) is 11.1 Å². The first-order valence-electron chi connectivity index (χ1n) is 7.01. The molecular formula is C16H22O2. The van der Waals surface area contributed by atoms with Gasteiger partial charge in [-0.25, -0.2) is 0 Å². The van der Waals surface area contributed by atoms with Gasteiger partial charge in [-0.2, -0.15) is 0 Å². The first-order valence-corrected chi connectivity index (χ1v) is 7.01. The summed E-state index contributed by atoms with van der Waals surface area (Å²) in [5.74, 6) is -0.766. The van der Waals surface area contributed by atoms with Gasteiger partial charge in [-0.05, 0) is 54.7 Å². The van der Waals surface area contributed by atoms with Crippen molar-refractivity contribution >= 4 is 5.97 Å². The lowest BCUT2D eigenvalue weighted by Gasteiger charge is -2.22. The molecule has 0 saturated carbocycles. The molecule has 0 radical (unpaired) electrons. The summed E-state index contributed by atoms with van der Waals surface area (Å²) in [6.45, 7) is 4.05. The number of benzene rings is 1. The van der Waals surface area contributed by atoms with Gasteiger partial charge in [0.2, 0.25) is 0 Å². The normalized spacial score (nSPS) is 17.2. The van der Waals surface area contributed by atoms with Crippen LogP contribution in [0.2, 0.25) is 0 Å². The molecule has 2 heteroatoms. The van der Waals surface area contributed by atoms with Crippen LogP contribution in [-0.2, 0) is 17.6 Å². The van der Waals surface area contributed by atoms with Crippen molar-refractivity contribution in [2.24, 2.45) is 5.92 Å². The minimum Gasteiger partial charge on any atom is -0.481 e. The monoisotopic (exact) mass is 246 g/mol. The predicted octanol–water partition coefficient (Wildman–Crippen LogP) is 3.78. The predicted molar refractivity (Wildman–Crippen MR) is 72.9 cm³/mol. The molecule has 0 bridgehead atoms. The third-order valence-corrected chi connectivity index (χ3v) is 4.23. The van der Waals surface area contributed by atoms with Crippen molar-refractivity contribution in [1.82, 2.24) is 0 Å². The van der Waals surface area contributed by atoms with Gasteiger partial charge in [-0.1, -0.05) is 32.0 Å². The molecule has 0 amide bonds. The van der Waals surface area contributed by atoms with E-state index in [-0.39, 0.29) is 11.8 Å². The molecule has 1 aromatic carbocycles. The van der Waals surface area contributed by atoms with Crippen molar-refractivity contribution in [1.29, 1.82) is 0 Å². The maximum Gasteiger partial charge on any atom is 0.307 e. The Morgan fingerprint density at radius 1 is 1.22 bits per heavy atom. The average Bonchev–Trinajstić information content (AvgIpc) is 2.82. The molecular weight excluding hydrogens is 224 g/mol. The van der Waals surface area contributed by atoms with Gasteiger partial charge >= 0.3 is 5.97 Å². The molecule has 98 valence electrons. The number of carboxylic acids is 1. The summed E-state index contributed by atoms with van der Waals surface area (Å²) in [5, 5.41) is 9.33. The zero-order valence-corrected chi connectivity index (χ0v) is 11.3. The Balaban J connectivity index is 2.29. The fraction of sp³-hybridized carbons (Fsp3) is 0.562. The molecule has 0 heterocycles. The quantitative estimate of drug-likeness (QED) is 0.858. The number of hydrogen-bond acceptors (Lipinski definition) is 1. The smallest absolute Gasteiger partial charge is 0.307 e. The van der Waals surface area contributed by atoms with Gasteiger partial charge in [0.15, 0.2) is 0 Å². The van der Waals surface area contributed by atoms with Crippen molar-refractivity contribution in [3.63, 3.8) is 0 Å². The third-order valence-electron chi connectivity index (χ3n) is 4.23. The molecule has 2 rings (SSSR count). The summed E-state index contributed by atoms with van der Waals surface area (Å²) in [5.41, 5.74) is 4.11. The lowest BCUT2D eigenvalue weighted by molar-refractivity contribution is -0.142. The standard InChI is InChI=1S/C16H22O2/c1-3-14(15(4-2)16(17)18)13-9-8-11-6-5-7-12(11)10-13/h8-10,14-15H,3-7H2,1-2H3,(H,17,18). The summed E-state index contributed by atoms with van der Waals surface area (Å²) in [4.78, 5) is 11.3. The van der Waals surface area contributed by atoms with E-state index in [1.165, 1.54) is 29.5 Å². The highest BCUT2D eigenvalue weighted by Gasteiger charge is 2.27. The number of rotatable bonds is 5. The number of aryl methyl sites for hydroxylation is 2. The molecule has 0 spiro atoms. The second-order valence-corrected chi connectivity index (χ2v) is 5.25. The maximum absolute atomic E-state index is 11.3. The van der Waals surface area contributed by atoms with Crippen LogP contribution in [0.5, 0.6) is 0 Å². The van der Waals surface area contributed by atoms with Crippen LogP contribution < -0.4 is 0 Å². The average molecular weight is 246 g/mol. The molecule has 1 aliphatic carbocycles. The Kier molecular flexibility index (Phi) is 4.05. The molecule has 0 aromatic heterocycles. The largest absolute Gasteiger partial charge is 0.481 e. The van der Waals surface area contributed by atoms with E-state index < -0.39 is 5.97 Å². The third kappa shape index (κ3) is 2.43. The highest BCUT2D eigenvalue weighted by Crippen LogP contribution is 2.33. The SMILES string of the molecule is CCC(C(=O)O)C(CC)c1ccc2c(c1)CCC2. The fourth-order valence-electron chi connectivity index (χ4n) is 3.21. The van der Waals surface area contributed by atoms with Crippen LogP contribution in [0.3, 0.4) is 0 Å². The van der Waals surface area contributed by atoms with Gasteiger partial charge in [0.25, 0.3) is 0 Å². The minimum absolute atomic E-state index is 0.151. The Labute approximate surface area is 109 Å². The van der Waals surface area contributed by atoms with E-state index in [9.17, 15) is 9.90 Å². The van der Waals surface area contributed by atoms with Crippen molar-refractivity contribution in [3.05, 3.63) is 34.9 Å². The molecule has 1 aliphatic rings. The van der Waals surface area contributed by atoms with E-state index in [0.29, 0.717) is 6.42 Å². The Morgan fingerprint density at radius 3 is 2.56 bits per heavy atom. The number of hydrogen-bond donors (Lipinski definition) is 1. The van der Waals surface area contributed by atoms with Crippen molar-refractivity contribution < 1.29 is 9.90 Å². The molecule has 0 saturated heterocycles. The Morgan fingerprint density at radius 2 is 1.94 bits per heavy atom. The van der Waals surface area contributed by atoms with E-state index in [4.69, 9.17) is 0 Å². The lowest BCUT2D eigenvalue weighted by atomic mass is 9.81. The van der Waals surface area contributed by atoms with E-state index in [1.807, 2.05) is 6.92 Å². The lowest BCUT2D eigenvalue weighted by Crippen LogP contribution is -2.21. The first-order chi connectivity index (χ1) is 8.67. The van der Waals surface area contributed by atoms with Gasteiger partial charge in [0.1, 0.15) is 0 Å². The molecule has 2 nitrogen and oxygen atoms in total. The van der Waals surface area contributed by atoms with Gasteiger partial charge in [0.05, 0.1) is 5.92 Å². The van der Waals surface area contributed by atoms with Crippen LogP contribution in [0.15, 0.2) is 18.2 Å². The van der Waals surface area contributed by atoms with E-state index >= 15 is 0 Å². The summed E-state index contributed by atoms with van der Waals surface area (Å²) in [6, 6.07) is 6.60. The second kappa shape index (κ2) is 5.55. The molecule has 0 fully saturated rings. The minimum atomic E-state index is -0.662. The second-order valence-electron chi connectivity index (χ2n) is 5.25. The number of aliphatic carboxylic acids is 1. The number of carboxylic acid groups (broad SMARTS) is 1. The maximum atomic E-state index is 11.3. The van der Waals surface area contributed by atoms with Crippen molar-refractivity contribution in [3.8, 4) is 0 Å². The van der Waals surface area contributed by atoms with Gasteiger partial charge in [-0.15, -0.1) is 0 Å².